The third-order valence-electron chi connectivity index (χ3n) is 7.14. The molecule has 4 N–H and O–H groups in total. The van der Waals surface area contributed by atoms with Crippen LogP contribution in [0, 0.1) is 24.6 Å². The lowest BCUT2D eigenvalue weighted by Gasteiger charge is -2.24. The van der Waals surface area contributed by atoms with Crippen LogP contribution in [0.15, 0.2) is 30.5 Å². The maximum Gasteiger partial charge on any atom is 0.324 e. The summed E-state index contributed by atoms with van der Waals surface area (Å²) in [6.45, 7) is 3.37. The third kappa shape index (κ3) is 3.74. The van der Waals surface area contributed by atoms with Crippen molar-refractivity contribution in [1.29, 1.82) is 0 Å². The van der Waals surface area contributed by atoms with E-state index in [0.29, 0.717) is 24.0 Å². The molecule has 180 valence electrons. The van der Waals surface area contributed by atoms with Crippen molar-refractivity contribution in [3.63, 3.8) is 0 Å². The number of anilines is 2. The number of amides is 1. The topological polar surface area (TPSA) is 118 Å². The highest BCUT2D eigenvalue weighted by atomic mass is 19.1. The first-order valence-electron chi connectivity index (χ1n) is 11.7. The molecule has 1 saturated carbocycles. The molecule has 2 unspecified atom stereocenters. The molecule has 0 bridgehead atoms. The Kier molecular flexibility index (Phi) is 5.06. The highest BCUT2D eigenvalue weighted by Gasteiger charge is 2.57. The van der Waals surface area contributed by atoms with Crippen LogP contribution in [0.3, 0.4) is 0 Å². The Balaban J connectivity index is 1.37. The van der Waals surface area contributed by atoms with Crippen LogP contribution >= 0.6 is 0 Å². The van der Waals surface area contributed by atoms with Gasteiger partial charge in [0.05, 0.1) is 18.4 Å². The molecule has 2 atom stereocenters. The normalized spacial score (nSPS) is 21.3. The van der Waals surface area contributed by atoms with Gasteiger partial charge in [-0.3, -0.25) is 9.78 Å². The second-order valence-electron chi connectivity index (χ2n) is 9.33. The SMILES string of the molecule is CNc1cc(F)cc2c1Cc1nc(Oc3ccc(C)nc3)nc(N3CC4C(C3)C4NC(=O)CN)c1-2. The number of hydrogen-bond donors (Lipinski definition) is 3. The van der Waals surface area contributed by atoms with Gasteiger partial charge >= 0.3 is 6.01 Å². The van der Waals surface area contributed by atoms with E-state index < -0.39 is 0 Å². The number of ether oxygens (including phenoxy) is 1. The molecule has 0 radical (unpaired) electrons. The fourth-order valence-corrected chi connectivity index (χ4v) is 5.37. The monoisotopic (exact) mass is 475 g/mol. The summed E-state index contributed by atoms with van der Waals surface area (Å²) >= 11 is 0. The fraction of sp³-hybridized carbons (Fsp3) is 0.360. The summed E-state index contributed by atoms with van der Waals surface area (Å²) in [5.74, 6) is 1.50. The lowest BCUT2D eigenvalue weighted by Crippen LogP contribution is -2.38. The second-order valence-corrected chi connectivity index (χ2v) is 9.33. The van der Waals surface area contributed by atoms with Crippen molar-refractivity contribution >= 4 is 17.4 Å². The zero-order valence-electron chi connectivity index (χ0n) is 19.5. The standard InChI is InChI=1S/C25H26FN7O2/c1-12-3-4-14(9-29-12)35-25-30-20-7-15-16(5-13(26)6-19(15)28-2)22(20)24(32-25)33-10-17-18(11-33)23(17)31-21(34)8-27/h3-6,9,17-18,23,28H,7-8,10-11,27H2,1-2H3,(H,31,34). The molecule has 0 spiro atoms. The molecule has 35 heavy (non-hydrogen) atoms. The molecule has 2 aromatic heterocycles. The number of nitrogens with two attached hydrogens (primary N) is 1. The van der Waals surface area contributed by atoms with Gasteiger partial charge in [-0.1, -0.05) is 0 Å². The molecular weight excluding hydrogens is 449 g/mol. The van der Waals surface area contributed by atoms with E-state index in [1.165, 1.54) is 6.07 Å². The minimum atomic E-state index is -0.313. The summed E-state index contributed by atoms with van der Waals surface area (Å²) in [6.07, 6.45) is 2.19. The van der Waals surface area contributed by atoms with E-state index in [1.807, 2.05) is 19.1 Å². The Morgan fingerprint density at radius 3 is 2.74 bits per heavy atom. The van der Waals surface area contributed by atoms with Crippen molar-refractivity contribution in [1.82, 2.24) is 20.3 Å². The molecule has 3 aliphatic rings. The number of piperidine rings is 1. The van der Waals surface area contributed by atoms with E-state index >= 15 is 0 Å². The van der Waals surface area contributed by atoms with Crippen LogP contribution in [0.1, 0.15) is 17.0 Å². The van der Waals surface area contributed by atoms with Crippen molar-refractivity contribution in [2.75, 3.05) is 36.9 Å². The molecule has 3 heterocycles. The average molecular weight is 476 g/mol. The maximum absolute atomic E-state index is 14.5. The van der Waals surface area contributed by atoms with E-state index in [4.69, 9.17) is 20.4 Å². The number of rotatable bonds is 6. The number of halogens is 1. The first kappa shape index (κ1) is 21.7. The van der Waals surface area contributed by atoms with Gasteiger partial charge in [-0.05, 0) is 42.3 Å². The number of fused-ring (bicyclic) bond motifs is 4. The molecule has 6 rings (SSSR count). The van der Waals surface area contributed by atoms with Crippen LogP contribution in [0.4, 0.5) is 15.9 Å². The molecular formula is C25H26FN7O2. The largest absolute Gasteiger partial charge is 0.423 e. The molecule has 1 aromatic carbocycles. The Labute approximate surface area is 201 Å². The van der Waals surface area contributed by atoms with Gasteiger partial charge < -0.3 is 26.0 Å². The quantitative estimate of drug-likeness (QED) is 0.389. The van der Waals surface area contributed by atoms with Crippen LogP contribution < -0.4 is 26.0 Å². The summed E-state index contributed by atoms with van der Waals surface area (Å²) in [7, 11) is 1.79. The Hall–Kier alpha value is -3.79. The number of hydrogen-bond acceptors (Lipinski definition) is 8. The second kappa shape index (κ2) is 8.16. The summed E-state index contributed by atoms with van der Waals surface area (Å²) in [5, 5.41) is 6.11. The van der Waals surface area contributed by atoms with Gasteiger partial charge in [0.15, 0.2) is 0 Å². The smallest absolute Gasteiger partial charge is 0.324 e. The Bertz CT molecular complexity index is 1320. The van der Waals surface area contributed by atoms with E-state index in [-0.39, 0.29) is 30.3 Å². The van der Waals surface area contributed by atoms with Gasteiger partial charge in [0.1, 0.15) is 17.4 Å². The first-order valence-corrected chi connectivity index (χ1v) is 11.7. The predicted molar refractivity (Wildman–Crippen MR) is 129 cm³/mol. The fourth-order valence-electron chi connectivity index (χ4n) is 5.37. The number of nitrogens with zero attached hydrogens (tertiary/aromatic N) is 4. The lowest BCUT2D eigenvalue weighted by molar-refractivity contribution is -0.120. The van der Waals surface area contributed by atoms with Gasteiger partial charge in [0, 0.05) is 61.4 Å². The van der Waals surface area contributed by atoms with Crippen molar-refractivity contribution in [2.45, 2.75) is 19.4 Å². The van der Waals surface area contributed by atoms with Gasteiger partial charge in [-0.15, -0.1) is 0 Å². The van der Waals surface area contributed by atoms with Crippen molar-refractivity contribution in [3.05, 3.63) is 53.2 Å². The number of nitrogens with one attached hydrogen (secondary N) is 2. The van der Waals surface area contributed by atoms with E-state index in [2.05, 4.69) is 20.5 Å². The minimum Gasteiger partial charge on any atom is -0.423 e. The zero-order chi connectivity index (χ0) is 24.3. The van der Waals surface area contributed by atoms with Crippen LogP contribution in [-0.4, -0.2) is 53.6 Å². The summed E-state index contributed by atoms with van der Waals surface area (Å²) in [6, 6.07) is 7.14. The molecule has 9 nitrogen and oxygen atoms in total. The molecule has 1 amide bonds. The number of aromatic nitrogens is 3. The van der Waals surface area contributed by atoms with Crippen molar-refractivity contribution in [2.24, 2.45) is 17.6 Å². The first-order chi connectivity index (χ1) is 16.9. The summed E-state index contributed by atoms with van der Waals surface area (Å²) in [5.41, 5.74) is 10.5. The average Bonchev–Trinajstić information content (AvgIpc) is 3.17. The number of carbonyl (C=O) groups excluding carboxylic acids is 1. The molecule has 1 saturated heterocycles. The Morgan fingerprint density at radius 1 is 1.26 bits per heavy atom. The number of carbonyl (C=O) groups is 1. The predicted octanol–water partition coefficient (Wildman–Crippen LogP) is 2.23. The van der Waals surface area contributed by atoms with Gasteiger partial charge in [-0.2, -0.15) is 9.97 Å². The number of pyridine rings is 1. The van der Waals surface area contributed by atoms with Gasteiger partial charge in [0.25, 0.3) is 0 Å². The van der Waals surface area contributed by atoms with E-state index in [1.54, 1.807) is 19.3 Å². The van der Waals surface area contributed by atoms with Crippen LogP contribution in [-0.2, 0) is 11.2 Å². The van der Waals surface area contributed by atoms with E-state index in [0.717, 1.165) is 52.7 Å². The van der Waals surface area contributed by atoms with Crippen LogP contribution in [0.2, 0.25) is 0 Å². The highest BCUT2D eigenvalue weighted by molar-refractivity contribution is 5.88. The van der Waals surface area contributed by atoms with Crippen molar-refractivity contribution in [3.8, 4) is 22.9 Å². The van der Waals surface area contributed by atoms with Gasteiger partial charge in [0.2, 0.25) is 5.91 Å². The zero-order valence-corrected chi connectivity index (χ0v) is 19.5. The van der Waals surface area contributed by atoms with E-state index in [9.17, 15) is 9.18 Å². The van der Waals surface area contributed by atoms with Gasteiger partial charge in [-0.25, -0.2) is 4.39 Å². The molecule has 10 heteroatoms. The molecule has 2 fully saturated rings. The maximum atomic E-state index is 14.5. The molecule has 3 aromatic rings. The van der Waals surface area contributed by atoms with Crippen LogP contribution in [0.25, 0.3) is 11.1 Å². The summed E-state index contributed by atoms with van der Waals surface area (Å²) in [4.78, 5) is 27.7. The third-order valence-corrected chi connectivity index (χ3v) is 7.14. The lowest BCUT2D eigenvalue weighted by atomic mass is 10.0. The number of aryl methyl sites for hydroxylation is 1. The van der Waals surface area contributed by atoms with Crippen molar-refractivity contribution < 1.29 is 13.9 Å². The van der Waals surface area contributed by atoms with Crippen LogP contribution in [0.5, 0.6) is 11.8 Å². The number of benzene rings is 1. The minimum absolute atomic E-state index is 0.0101. The molecule has 1 aliphatic heterocycles. The molecule has 2 aliphatic carbocycles. The highest BCUT2D eigenvalue weighted by Crippen LogP contribution is 2.51. The summed E-state index contributed by atoms with van der Waals surface area (Å²) < 4.78 is 20.5. The Morgan fingerprint density at radius 2 is 2.06 bits per heavy atom.